The fourth-order valence-electron chi connectivity index (χ4n) is 3.28. The lowest BCUT2D eigenvalue weighted by Gasteiger charge is -2.18. The van der Waals surface area contributed by atoms with Crippen LogP contribution in [0.2, 0.25) is 0 Å². The molecule has 2 aromatic heterocycles. The summed E-state index contributed by atoms with van der Waals surface area (Å²) >= 11 is 0. The highest BCUT2D eigenvalue weighted by Gasteiger charge is 2.15. The summed E-state index contributed by atoms with van der Waals surface area (Å²) in [7, 11) is 1.56. The maximum Gasteiger partial charge on any atom is 0.269 e. The van der Waals surface area contributed by atoms with Crippen molar-refractivity contribution in [2.75, 3.05) is 7.05 Å². The Hall–Kier alpha value is -4.00. The topological polar surface area (TPSA) is 90.1 Å². The van der Waals surface area contributed by atoms with Gasteiger partial charge < -0.3 is 14.6 Å². The average Bonchev–Trinajstić information content (AvgIpc) is 3.28. The summed E-state index contributed by atoms with van der Waals surface area (Å²) in [6.07, 6.45) is 2.06. The molecule has 0 atom stereocenters. The van der Waals surface area contributed by atoms with Crippen molar-refractivity contribution in [3.05, 3.63) is 89.6 Å². The summed E-state index contributed by atoms with van der Waals surface area (Å²) in [5.74, 6) is 2.05. The van der Waals surface area contributed by atoms with E-state index in [9.17, 15) is 4.79 Å². The second-order valence-corrected chi connectivity index (χ2v) is 8.72. The van der Waals surface area contributed by atoms with Crippen molar-refractivity contribution in [2.24, 2.45) is 0 Å². The van der Waals surface area contributed by atoms with Crippen LogP contribution in [0, 0.1) is 0 Å². The molecule has 0 saturated carbocycles. The highest BCUT2D eigenvalue weighted by molar-refractivity contribution is 5.92. The molecule has 4 aromatic rings. The summed E-state index contributed by atoms with van der Waals surface area (Å²) in [6, 6.07) is 19.2. The fourth-order valence-corrected chi connectivity index (χ4v) is 3.28. The minimum Gasteiger partial charge on any atom is -0.457 e. The molecule has 7 nitrogen and oxygen atoms in total. The van der Waals surface area contributed by atoms with E-state index in [0.29, 0.717) is 35.3 Å². The standard InChI is InChI=1S/C26H26N4O3/c1-26(2,3)19-9-7-18(8-10-19)24-29-23(33-30-24)15-17-5-11-20(12-6-17)32-21-13-14-28-22(16-21)25(31)27-4/h5-14,16H,15H2,1-4H3,(H,27,31). The van der Waals surface area contributed by atoms with Crippen LogP contribution in [-0.2, 0) is 11.8 Å². The number of carbonyl (C=O) groups is 1. The second-order valence-electron chi connectivity index (χ2n) is 8.72. The Balaban J connectivity index is 1.41. The van der Waals surface area contributed by atoms with Crippen LogP contribution in [0.25, 0.3) is 11.4 Å². The fraction of sp³-hybridized carbons (Fsp3) is 0.231. The van der Waals surface area contributed by atoms with Gasteiger partial charge in [-0.15, -0.1) is 0 Å². The van der Waals surface area contributed by atoms with Crippen LogP contribution in [-0.4, -0.2) is 28.1 Å². The van der Waals surface area contributed by atoms with Crippen molar-refractivity contribution in [2.45, 2.75) is 32.6 Å². The van der Waals surface area contributed by atoms with Crippen LogP contribution >= 0.6 is 0 Å². The Kier molecular flexibility index (Phi) is 6.22. The number of nitrogens with one attached hydrogen (secondary N) is 1. The molecule has 0 aliphatic rings. The number of carbonyl (C=O) groups excluding carboxylic acids is 1. The van der Waals surface area contributed by atoms with Gasteiger partial charge in [-0.3, -0.25) is 9.78 Å². The Morgan fingerprint density at radius 3 is 2.39 bits per heavy atom. The van der Waals surface area contributed by atoms with E-state index in [0.717, 1.165) is 11.1 Å². The average molecular weight is 443 g/mol. The highest BCUT2D eigenvalue weighted by Crippen LogP contribution is 2.26. The van der Waals surface area contributed by atoms with Crippen LogP contribution in [0.15, 0.2) is 71.4 Å². The first kappa shape index (κ1) is 22.2. The van der Waals surface area contributed by atoms with E-state index < -0.39 is 0 Å². The predicted molar refractivity (Wildman–Crippen MR) is 125 cm³/mol. The van der Waals surface area contributed by atoms with Gasteiger partial charge in [-0.2, -0.15) is 4.98 Å². The molecular formula is C26H26N4O3. The van der Waals surface area contributed by atoms with Gasteiger partial charge in [-0.05, 0) is 34.7 Å². The van der Waals surface area contributed by atoms with E-state index >= 15 is 0 Å². The number of rotatable bonds is 6. The van der Waals surface area contributed by atoms with Crippen LogP contribution in [0.1, 0.15) is 48.3 Å². The third-order valence-corrected chi connectivity index (χ3v) is 5.18. The molecule has 33 heavy (non-hydrogen) atoms. The number of benzene rings is 2. The molecule has 0 aliphatic carbocycles. The number of ether oxygens (including phenoxy) is 1. The van der Waals surface area contributed by atoms with Gasteiger partial charge in [-0.25, -0.2) is 0 Å². The number of nitrogens with zero attached hydrogens (tertiary/aromatic N) is 3. The zero-order valence-corrected chi connectivity index (χ0v) is 19.1. The quantitative estimate of drug-likeness (QED) is 0.443. The van der Waals surface area contributed by atoms with Crippen molar-refractivity contribution in [1.29, 1.82) is 0 Å². The van der Waals surface area contributed by atoms with Crippen LogP contribution in [0.3, 0.4) is 0 Å². The Morgan fingerprint density at radius 2 is 1.73 bits per heavy atom. The maximum absolute atomic E-state index is 11.7. The second kappa shape index (κ2) is 9.24. The molecule has 0 bridgehead atoms. The van der Waals surface area contributed by atoms with Crippen molar-refractivity contribution in [3.8, 4) is 22.9 Å². The van der Waals surface area contributed by atoms with Crippen molar-refractivity contribution in [3.63, 3.8) is 0 Å². The molecule has 0 unspecified atom stereocenters. The van der Waals surface area contributed by atoms with Gasteiger partial charge in [0, 0.05) is 24.9 Å². The van der Waals surface area contributed by atoms with Gasteiger partial charge in [0.05, 0.1) is 6.42 Å². The summed E-state index contributed by atoms with van der Waals surface area (Å²) < 4.78 is 11.3. The van der Waals surface area contributed by atoms with Crippen molar-refractivity contribution < 1.29 is 14.1 Å². The Bertz CT molecular complexity index is 1240. The lowest BCUT2D eigenvalue weighted by molar-refractivity contribution is 0.0958. The molecule has 0 radical (unpaired) electrons. The van der Waals surface area contributed by atoms with Gasteiger partial charge in [0.2, 0.25) is 11.7 Å². The molecule has 0 spiro atoms. The summed E-state index contributed by atoms with van der Waals surface area (Å²) in [5, 5.41) is 6.67. The molecule has 7 heteroatoms. The lowest BCUT2D eigenvalue weighted by atomic mass is 9.87. The summed E-state index contributed by atoms with van der Waals surface area (Å²) in [4.78, 5) is 20.3. The minimum atomic E-state index is -0.264. The molecule has 2 heterocycles. The molecule has 4 rings (SSSR count). The highest BCUT2D eigenvalue weighted by atomic mass is 16.5. The van der Waals surface area contributed by atoms with Crippen LogP contribution in [0.5, 0.6) is 11.5 Å². The first-order valence-corrected chi connectivity index (χ1v) is 10.7. The molecule has 1 N–H and O–H groups in total. The zero-order valence-electron chi connectivity index (χ0n) is 19.1. The van der Waals surface area contributed by atoms with E-state index in [2.05, 4.69) is 53.3 Å². The SMILES string of the molecule is CNC(=O)c1cc(Oc2ccc(Cc3nc(-c4ccc(C(C)(C)C)cc4)no3)cc2)ccn1. The summed E-state index contributed by atoms with van der Waals surface area (Å²) in [6.45, 7) is 6.55. The number of hydrogen-bond acceptors (Lipinski definition) is 6. The van der Waals surface area contributed by atoms with Crippen molar-refractivity contribution in [1.82, 2.24) is 20.4 Å². The van der Waals surface area contributed by atoms with E-state index in [1.807, 2.05) is 36.4 Å². The van der Waals surface area contributed by atoms with E-state index in [4.69, 9.17) is 9.26 Å². The predicted octanol–water partition coefficient (Wildman–Crippen LogP) is 5.17. The number of pyridine rings is 1. The zero-order chi connectivity index (χ0) is 23.4. The van der Waals surface area contributed by atoms with Crippen LogP contribution < -0.4 is 10.1 Å². The first-order valence-electron chi connectivity index (χ1n) is 10.7. The molecule has 1 amide bonds. The first-order chi connectivity index (χ1) is 15.8. The van der Waals surface area contributed by atoms with E-state index in [1.165, 1.54) is 11.8 Å². The third-order valence-electron chi connectivity index (χ3n) is 5.18. The minimum absolute atomic E-state index is 0.0979. The maximum atomic E-state index is 11.7. The molecule has 0 aliphatic heterocycles. The molecule has 2 aromatic carbocycles. The Morgan fingerprint density at radius 1 is 1.00 bits per heavy atom. The van der Waals surface area contributed by atoms with Gasteiger partial charge in [0.15, 0.2) is 0 Å². The molecule has 0 saturated heterocycles. The number of aromatic nitrogens is 3. The van der Waals surface area contributed by atoms with Crippen molar-refractivity contribution >= 4 is 5.91 Å². The van der Waals surface area contributed by atoms with Gasteiger partial charge >= 0.3 is 0 Å². The summed E-state index contributed by atoms with van der Waals surface area (Å²) in [5.41, 5.74) is 3.60. The normalized spacial score (nSPS) is 11.3. The number of amides is 1. The van der Waals surface area contributed by atoms with E-state index in [1.54, 1.807) is 19.2 Å². The third kappa shape index (κ3) is 5.44. The van der Waals surface area contributed by atoms with Gasteiger partial charge in [-0.1, -0.05) is 62.3 Å². The molecular weight excluding hydrogens is 416 g/mol. The molecule has 168 valence electrons. The number of hydrogen-bond donors (Lipinski definition) is 1. The molecule has 0 fully saturated rings. The lowest BCUT2D eigenvalue weighted by Crippen LogP contribution is -2.18. The Labute approximate surface area is 192 Å². The van der Waals surface area contributed by atoms with E-state index in [-0.39, 0.29) is 11.3 Å². The van der Waals surface area contributed by atoms with Gasteiger partial charge in [0.25, 0.3) is 5.91 Å². The van der Waals surface area contributed by atoms with Gasteiger partial charge in [0.1, 0.15) is 17.2 Å². The van der Waals surface area contributed by atoms with Crippen LogP contribution in [0.4, 0.5) is 0 Å². The largest absolute Gasteiger partial charge is 0.457 e. The monoisotopic (exact) mass is 442 g/mol. The smallest absolute Gasteiger partial charge is 0.269 e.